The summed E-state index contributed by atoms with van der Waals surface area (Å²) in [5.74, 6) is -1.20. The van der Waals surface area contributed by atoms with Crippen molar-refractivity contribution in [2.75, 3.05) is 0 Å². The first-order valence-corrected chi connectivity index (χ1v) is 3.22. The average Bonchev–Trinajstić information content (AvgIpc) is 2.39. The van der Waals surface area contributed by atoms with Crippen LogP contribution < -0.4 is 0 Å². The lowest BCUT2D eigenvalue weighted by molar-refractivity contribution is -0.147. The van der Waals surface area contributed by atoms with Crippen molar-refractivity contribution in [2.45, 2.75) is 12.6 Å². The third-order valence-electron chi connectivity index (χ3n) is 1.34. The Morgan fingerprint density at radius 3 is 2.45 bits per heavy atom. The molecule has 0 aliphatic heterocycles. The van der Waals surface area contributed by atoms with E-state index < -0.39 is 12.1 Å². The molecule has 0 saturated carbocycles. The first kappa shape index (κ1) is 7.81. The Morgan fingerprint density at radius 1 is 1.45 bits per heavy atom. The second-order valence-corrected chi connectivity index (χ2v) is 2.23. The van der Waals surface area contributed by atoms with Gasteiger partial charge in [0.25, 0.3) is 0 Å². The Balaban J connectivity index is 2.50. The molecule has 2 N–H and O–H groups in total. The molecule has 4 nitrogen and oxygen atoms in total. The predicted molar refractivity (Wildman–Crippen MR) is 38.1 cm³/mol. The molecule has 1 heterocycles. The van der Waals surface area contributed by atoms with E-state index in [9.17, 15) is 4.79 Å². The Bertz CT molecular complexity index is 230. The molecule has 4 heteroatoms. The molecule has 0 fully saturated rings. The van der Waals surface area contributed by atoms with E-state index in [4.69, 9.17) is 10.2 Å². The van der Waals surface area contributed by atoms with Gasteiger partial charge in [-0.2, -0.15) is 0 Å². The summed E-state index contributed by atoms with van der Waals surface area (Å²) in [5, 5.41) is 17.2. The van der Waals surface area contributed by atoms with Gasteiger partial charge in [0.2, 0.25) is 0 Å². The maximum absolute atomic E-state index is 10.2. The van der Waals surface area contributed by atoms with E-state index in [0.29, 0.717) is 0 Å². The van der Waals surface area contributed by atoms with Crippen molar-refractivity contribution in [1.29, 1.82) is 0 Å². The summed E-state index contributed by atoms with van der Waals surface area (Å²) in [6, 6.07) is 3.54. The van der Waals surface area contributed by atoms with Crippen molar-refractivity contribution >= 4 is 5.97 Å². The maximum Gasteiger partial charge on any atom is 0.334 e. The number of carboxylic acids is 1. The molecule has 0 bridgehead atoms. The number of nitrogens with zero attached hydrogens (tertiary/aromatic N) is 1. The molecule has 0 amide bonds. The fourth-order valence-electron chi connectivity index (χ4n) is 0.770. The first-order chi connectivity index (χ1) is 5.20. The van der Waals surface area contributed by atoms with E-state index in [-0.39, 0.29) is 6.54 Å². The SMILES string of the molecule is O=C(O)C(O)Cn1cccc1. The van der Waals surface area contributed by atoms with E-state index in [0.717, 1.165) is 0 Å². The maximum atomic E-state index is 10.2. The third-order valence-corrected chi connectivity index (χ3v) is 1.34. The second-order valence-electron chi connectivity index (χ2n) is 2.23. The van der Waals surface area contributed by atoms with Crippen LogP contribution in [0.5, 0.6) is 0 Å². The summed E-state index contributed by atoms with van der Waals surface area (Å²) >= 11 is 0. The zero-order valence-electron chi connectivity index (χ0n) is 5.84. The van der Waals surface area contributed by atoms with Gasteiger partial charge in [-0.3, -0.25) is 0 Å². The van der Waals surface area contributed by atoms with Crippen LogP contribution in [0.2, 0.25) is 0 Å². The van der Waals surface area contributed by atoms with Gasteiger partial charge in [0.05, 0.1) is 6.54 Å². The molecule has 1 aromatic heterocycles. The van der Waals surface area contributed by atoms with Gasteiger partial charge in [-0.15, -0.1) is 0 Å². The smallest absolute Gasteiger partial charge is 0.334 e. The van der Waals surface area contributed by atoms with Gasteiger partial charge >= 0.3 is 5.97 Å². The summed E-state index contributed by atoms with van der Waals surface area (Å²) in [7, 11) is 0. The predicted octanol–water partition coefficient (Wildman–Crippen LogP) is -0.0664. The van der Waals surface area contributed by atoms with Crippen LogP contribution in [0, 0.1) is 0 Å². The largest absolute Gasteiger partial charge is 0.479 e. The molecule has 0 aromatic carbocycles. The Hall–Kier alpha value is -1.29. The fourth-order valence-corrected chi connectivity index (χ4v) is 0.770. The van der Waals surface area contributed by atoms with E-state index in [1.165, 1.54) is 0 Å². The minimum atomic E-state index is -1.32. The zero-order valence-corrected chi connectivity index (χ0v) is 5.84. The van der Waals surface area contributed by atoms with Crippen LogP contribution in [0.1, 0.15) is 0 Å². The zero-order chi connectivity index (χ0) is 8.27. The number of aliphatic hydroxyl groups excluding tert-OH is 1. The number of aromatic nitrogens is 1. The number of aliphatic hydroxyl groups is 1. The van der Waals surface area contributed by atoms with Crippen LogP contribution >= 0.6 is 0 Å². The molecule has 1 rings (SSSR count). The highest BCUT2D eigenvalue weighted by Gasteiger charge is 2.12. The van der Waals surface area contributed by atoms with Crippen LogP contribution in [0.25, 0.3) is 0 Å². The van der Waals surface area contributed by atoms with Crippen molar-refractivity contribution in [1.82, 2.24) is 4.57 Å². The topological polar surface area (TPSA) is 62.5 Å². The molecular formula is C7H9NO3. The minimum Gasteiger partial charge on any atom is -0.479 e. The van der Waals surface area contributed by atoms with Gasteiger partial charge in [-0.05, 0) is 12.1 Å². The van der Waals surface area contributed by atoms with E-state index >= 15 is 0 Å². The van der Waals surface area contributed by atoms with Crippen LogP contribution in [-0.4, -0.2) is 26.9 Å². The number of rotatable bonds is 3. The summed E-state index contributed by atoms with van der Waals surface area (Å²) < 4.78 is 1.61. The van der Waals surface area contributed by atoms with E-state index in [1.54, 1.807) is 29.1 Å². The lowest BCUT2D eigenvalue weighted by Crippen LogP contribution is -2.24. The quantitative estimate of drug-likeness (QED) is 0.642. The van der Waals surface area contributed by atoms with Crippen molar-refractivity contribution < 1.29 is 15.0 Å². The summed E-state index contributed by atoms with van der Waals surface area (Å²) in [6.07, 6.45) is 2.08. The van der Waals surface area contributed by atoms with E-state index in [1.807, 2.05) is 0 Å². The first-order valence-electron chi connectivity index (χ1n) is 3.22. The number of aliphatic carboxylic acids is 1. The lowest BCUT2D eigenvalue weighted by atomic mass is 10.3. The van der Waals surface area contributed by atoms with Crippen molar-refractivity contribution in [3.05, 3.63) is 24.5 Å². The summed E-state index contributed by atoms with van der Waals surface area (Å²) in [4.78, 5) is 10.2. The number of carbonyl (C=O) groups is 1. The molecule has 1 atom stereocenters. The molecule has 0 aliphatic carbocycles. The molecule has 0 radical (unpaired) electrons. The molecule has 0 aliphatic rings. The van der Waals surface area contributed by atoms with Crippen molar-refractivity contribution in [3.63, 3.8) is 0 Å². The van der Waals surface area contributed by atoms with Crippen LogP contribution in [-0.2, 0) is 11.3 Å². The molecule has 1 unspecified atom stereocenters. The molecule has 11 heavy (non-hydrogen) atoms. The highest BCUT2D eigenvalue weighted by atomic mass is 16.4. The van der Waals surface area contributed by atoms with Gasteiger partial charge in [-0.1, -0.05) is 0 Å². The average molecular weight is 155 g/mol. The molecule has 1 aromatic rings. The summed E-state index contributed by atoms with van der Waals surface area (Å²) in [6.45, 7) is 0.0995. The minimum absolute atomic E-state index is 0.0995. The van der Waals surface area contributed by atoms with Crippen molar-refractivity contribution in [3.8, 4) is 0 Å². The Labute approximate surface area is 63.7 Å². The highest BCUT2D eigenvalue weighted by Crippen LogP contribution is 1.93. The van der Waals surface area contributed by atoms with Gasteiger partial charge < -0.3 is 14.8 Å². The van der Waals surface area contributed by atoms with Crippen LogP contribution in [0.15, 0.2) is 24.5 Å². The molecule has 60 valence electrons. The molecule has 0 saturated heterocycles. The standard InChI is InChI=1S/C7H9NO3/c9-6(7(10)11)5-8-3-1-2-4-8/h1-4,6,9H,5H2,(H,10,11). The molecule has 0 spiro atoms. The monoisotopic (exact) mass is 155 g/mol. The van der Waals surface area contributed by atoms with Gasteiger partial charge in [0.1, 0.15) is 0 Å². The van der Waals surface area contributed by atoms with Crippen LogP contribution in [0.3, 0.4) is 0 Å². The second kappa shape index (κ2) is 3.21. The summed E-state index contributed by atoms with van der Waals surface area (Å²) in [5.41, 5.74) is 0. The Morgan fingerprint density at radius 2 is 2.00 bits per heavy atom. The fraction of sp³-hybridized carbons (Fsp3) is 0.286. The van der Waals surface area contributed by atoms with Crippen molar-refractivity contribution in [2.24, 2.45) is 0 Å². The highest BCUT2D eigenvalue weighted by molar-refractivity contribution is 5.71. The third kappa shape index (κ3) is 2.09. The van der Waals surface area contributed by atoms with Gasteiger partial charge in [-0.25, -0.2) is 4.79 Å². The normalized spacial score (nSPS) is 12.8. The van der Waals surface area contributed by atoms with Gasteiger partial charge in [0.15, 0.2) is 6.10 Å². The number of carboxylic acid groups (broad SMARTS) is 1. The number of hydrogen-bond donors (Lipinski definition) is 2. The molecular weight excluding hydrogens is 146 g/mol. The Kier molecular flexibility index (Phi) is 2.28. The number of hydrogen-bond acceptors (Lipinski definition) is 2. The van der Waals surface area contributed by atoms with E-state index in [2.05, 4.69) is 0 Å². The van der Waals surface area contributed by atoms with Crippen LogP contribution in [0.4, 0.5) is 0 Å². The van der Waals surface area contributed by atoms with Gasteiger partial charge in [0, 0.05) is 12.4 Å². The lowest BCUT2D eigenvalue weighted by Gasteiger charge is -2.05.